The number of nitrogens with zero attached hydrogens (tertiary/aromatic N) is 2. The van der Waals surface area contributed by atoms with Crippen LogP contribution in [0, 0.1) is 5.82 Å². The van der Waals surface area contributed by atoms with E-state index in [2.05, 4.69) is 0 Å². The molecule has 2 aromatic rings. The molecule has 144 valence electrons. The van der Waals surface area contributed by atoms with E-state index in [9.17, 15) is 17.6 Å². The van der Waals surface area contributed by atoms with E-state index in [1.54, 1.807) is 0 Å². The highest BCUT2D eigenvalue weighted by Crippen LogP contribution is 2.24. The van der Waals surface area contributed by atoms with Crippen molar-refractivity contribution in [2.75, 3.05) is 37.3 Å². The van der Waals surface area contributed by atoms with Gasteiger partial charge in [0.15, 0.2) is 9.84 Å². The van der Waals surface area contributed by atoms with Crippen LogP contribution < -0.4 is 4.90 Å². The molecule has 3 rings (SSSR count). The fourth-order valence-electron chi connectivity index (χ4n) is 3.26. The first-order valence-electron chi connectivity index (χ1n) is 8.91. The van der Waals surface area contributed by atoms with E-state index in [0.29, 0.717) is 38.3 Å². The van der Waals surface area contributed by atoms with Crippen LogP contribution in [0.1, 0.15) is 12.0 Å². The maximum atomic E-state index is 14.5. The third-order valence-electron chi connectivity index (χ3n) is 4.73. The molecule has 0 saturated carbocycles. The fourth-order valence-corrected chi connectivity index (χ4v) is 3.90. The minimum absolute atomic E-state index is 0.0294. The van der Waals surface area contributed by atoms with Gasteiger partial charge in [-0.1, -0.05) is 30.3 Å². The lowest BCUT2D eigenvalue weighted by molar-refractivity contribution is -0.130. The summed E-state index contributed by atoms with van der Waals surface area (Å²) in [5, 5.41) is 0. The van der Waals surface area contributed by atoms with E-state index in [-0.39, 0.29) is 10.8 Å². The number of carbonyl (C=O) groups is 1. The van der Waals surface area contributed by atoms with Gasteiger partial charge in [-0.15, -0.1) is 0 Å². The molecule has 1 saturated heterocycles. The lowest BCUT2D eigenvalue weighted by Crippen LogP contribution is -2.36. The van der Waals surface area contributed by atoms with Crippen molar-refractivity contribution in [3.63, 3.8) is 0 Å². The Kier molecular flexibility index (Phi) is 5.79. The van der Waals surface area contributed by atoms with E-state index >= 15 is 0 Å². The molecule has 0 bridgehead atoms. The van der Waals surface area contributed by atoms with Crippen LogP contribution in [0.3, 0.4) is 0 Å². The minimum atomic E-state index is -3.44. The van der Waals surface area contributed by atoms with Gasteiger partial charge in [-0.25, -0.2) is 12.8 Å². The number of anilines is 1. The number of carbonyl (C=O) groups excluding carboxylic acids is 1. The minimum Gasteiger partial charge on any atom is -0.367 e. The van der Waals surface area contributed by atoms with Gasteiger partial charge in [-0.2, -0.15) is 0 Å². The summed E-state index contributed by atoms with van der Waals surface area (Å²) in [5.74, 6) is -0.488. The number of hydrogen-bond acceptors (Lipinski definition) is 4. The van der Waals surface area contributed by atoms with Gasteiger partial charge in [0.1, 0.15) is 5.82 Å². The molecular formula is C20H23FN2O3S. The third kappa shape index (κ3) is 4.86. The van der Waals surface area contributed by atoms with Crippen molar-refractivity contribution in [2.45, 2.75) is 17.7 Å². The van der Waals surface area contributed by atoms with Crippen LogP contribution in [0.15, 0.2) is 53.4 Å². The molecule has 0 atom stereocenters. The van der Waals surface area contributed by atoms with E-state index in [1.807, 2.05) is 40.1 Å². The summed E-state index contributed by atoms with van der Waals surface area (Å²) in [6.07, 6.45) is 2.15. The van der Waals surface area contributed by atoms with Crippen LogP contribution in [-0.4, -0.2) is 51.7 Å². The summed E-state index contributed by atoms with van der Waals surface area (Å²) >= 11 is 0. The Labute approximate surface area is 159 Å². The number of benzene rings is 2. The lowest BCUT2D eigenvalue weighted by Gasteiger charge is -2.24. The van der Waals surface area contributed by atoms with Crippen LogP contribution >= 0.6 is 0 Å². The second kappa shape index (κ2) is 8.08. The molecule has 0 aliphatic carbocycles. The van der Waals surface area contributed by atoms with E-state index in [4.69, 9.17) is 0 Å². The Morgan fingerprint density at radius 2 is 1.78 bits per heavy atom. The Morgan fingerprint density at radius 3 is 2.44 bits per heavy atom. The SMILES string of the molecule is CS(=O)(=O)c1ccc(N2CCCN(C(=O)Cc3ccccc3)CC2)c(F)c1. The maximum absolute atomic E-state index is 14.5. The molecule has 1 aliphatic rings. The topological polar surface area (TPSA) is 57.7 Å². The van der Waals surface area contributed by atoms with Crippen molar-refractivity contribution in [3.8, 4) is 0 Å². The van der Waals surface area contributed by atoms with Gasteiger partial charge >= 0.3 is 0 Å². The number of amides is 1. The predicted octanol–water partition coefficient (Wildman–Crippen LogP) is 2.51. The van der Waals surface area contributed by atoms with Crippen LogP contribution in [-0.2, 0) is 21.1 Å². The molecule has 0 radical (unpaired) electrons. The van der Waals surface area contributed by atoms with Crippen molar-refractivity contribution in [2.24, 2.45) is 0 Å². The Balaban J connectivity index is 1.67. The number of halogens is 1. The summed E-state index contributed by atoms with van der Waals surface area (Å²) in [5.41, 5.74) is 1.35. The van der Waals surface area contributed by atoms with Crippen LogP contribution in [0.25, 0.3) is 0 Å². The first kappa shape index (κ1) is 19.4. The van der Waals surface area contributed by atoms with Crippen molar-refractivity contribution in [3.05, 3.63) is 59.9 Å². The summed E-state index contributed by atoms with van der Waals surface area (Å²) in [4.78, 5) is 16.2. The number of hydrogen-bond donors (Lipinski definition) is 0. The van der Waals surface area contributed by atoms with Gasteiger partial charge in [0.05, 0.1) is 17.0 Å². The van der Waals surface area contributed by atoms with Crippen molar-refractivity contribution in [1.29, 1.82) is 0 Å². The average Bonchev–Trinajstić information content (AvgIpc) is 2.88. The molecule has 1 fully saturated rings. The van der Waals surface area contributed by atoms with E-state index in [1.165, 1.54) is 12.1 Å². The van der Waals surface area contributed by atoms with Gasteiger partial charge < -0.3 is 9.80 Å². The van der Waals surface area contributed by atoms with Gasteiger partial charge in [-0.05, 0) is 30.2 Å². The summed E-state index contributed by atoms with van der Waals surface area (Å²) in [6, 6.07) is 13.6. The summed E-state index contributed by atoms with van der Waals surface area (Å²) < 4.78 is 37.6. The van der Waals surface area contributed by atoms with Gasteiger partial charge in [0, 0.05) is 32.4 Å². The molecule has 27 heavy (non-hydrogen) atoms. The Morgan fingerprint density at radius 1 is 1.04 bits per heavy atom. The first-order valence-corrected chi connectivity index (χ1v) is 10.8. The number of rotatable bonds is 4. The second-order valence-electron chi connectivity index (χ2n) is 6.77. The standard InChI is InChI=1S/C20H23FN2O3S/c1-27(25,26)17-8-9-19(18(21)15-17)22-10-5-11-23(13-12-22)20(24)14-16-6-3-2-4-7-16/h2-4,6-9,15H,5,10-14H2,1H3. The lowest BCUT2D eigenvalue weighted by atomic mass is 10.1. The zero-order valence-electron chi connectivity index (χ0n) is 15.3. The van der Waals surface area contributed by atoms with Gasteiger partial charge in [0.25, 0.3) is 0 Å². The fraction of sp³-hybridized carbons (Fsp3) is 0.350. The second-order valence-corrected chi connectivity index (χ2v) is 8.78. The average molecular weight is 390 g/mol. The molecule has 1 aliphatic heterocycles. The molecule has 2 aromatic carbocycles. The van der Waals surface area contributed by atoms with E-state index in [0.717, 1.165) is 24.3 Å². The Bertz CT molecular complexity index is 916. The summed E-state index contributed by atoms with van der Waals surface area (Å²) in [7, 11) is -3.44. The highest BCUT2D eigenvalue weighted by Gasteiger charge is 2.22. The first-order chi connectivity index (χ1) is 12.8. The van der Waals surface area contributed by atoms with E-state index < -0.39 is 15.7 Å². The highest BCUT2D eigenvalue weighted by molar-refractivity contribution is 7.90. The van der Waals surface area contributed by atoms with Crippen LogP contribution in [0.5, 0.6) is 0 Å². The normalized spacial score (nSPS) is 15.5. The molecule has 1 amide bonds. The quantitative estimate of drug-likeness (QED) is 0.805. The third-order valence-corrected chi connectivity index (χ3v) is 5.85. The van der Waals surface area contributed by atoms with Crippen molar-refractivity contribution < 1.29 is 17.6 Å². The monoisotopic (exact) mass is 390 g/mol. The van der Waals surface area contributed by atoms with Gasteiger partial charge in [0.2, 0.25) is 5.91 Å². The molecule has 0 aromatic heterocycles. The zero-order chi connectivity index (χ0) is 19.4. The number of sulfone groups is 1. The zero-order valence-corrected chi connectivity index (χ0v) is 16.1. The molecule has 7 heteroatoms. The van der Waals surface area contributed by atoms with Crippen LogP contribution in [0.4, 0.5) is 10.1 Å². The molecular weight excluding hydrogens is 367 g/mol. The highest BCUT2D eigenvalue weighted by atomic mass is 32.2. The molecule has 1 heterocycles. The summed E-state index contributed by atoms with van der Waals surface area (Å²) in [6.45, 7) is 2.27. The Hall–Kier alpha value is -2.41. The largest absolute Gasteiger partial charge is 0.367 e. The van der Waals surface area contributed by atoms with Gasteiger partial charge in [-0.3, -0.25) is 4.79 Å². The van der Waals surface area contributed by atoms with Crippen LogP contribution in [0.2, 0.25) is 0 Å². The van der Waals surface area contributed by atoms with Crippen molar-refractivity contribution >= 4 is 21.4 Å². The smallest absolute Gasteiger partial charge is 0.227 e. The molecule has 0 N–H and O–H groups in total. The molecule has 0 spiro atoms. The van der Waals surface area contributed by atoms with Crippen molar-refractivity contribution in [1.82, 2.24) is 4.90 Å². The predicted molar refractivity (Wildman–Crippen MR) is 103 cm³/mol. The molecule has 5 nitrogen and oxygen atoms in total. The maximum Gasteiger partial charge on any atom is 0.227 e. The molecule has 0 unspecified atom stereocenters.